The smallest absolute Gasteiger partial charge is 0.0426 e. The number of anilines is 1. The number of likely N-dealkylation sites (tertiary alicyclic amines) is 1. The van der Waals surface area contributed by atoms with Crippen molar-refractivity contribution in [2.24, 2.45) is 5.92 Å². The second kappa shape index (κ2) is 9.10. The van der Waals surface area contributed by atoms with E-state index in [9.17, 15) is 0 Å². The Kier molecular flexibility index (Phi) is 6.57. The maximum absolute atomic E-state index is 6.00. The molecular weight excluding hydrogens is 316 g/mol. The van der Waals surface area contributed by atoms with Gasteiger partial charge in [0.15, 0.2) is 0 Å². The Balaban J connectivity index is 1.31. The van der Waals surface area contributed by atoms with E-state index in [1.54, 1.807) is 0 Å². The normalized spacial score (nSPS) is 16.2. The summed E-state index contributed by atoms with van der Waals surface area (Å²) in [5, 5.41) is 4.25. The van der Waals surface area contributed by atoms with Gasteiger partial charge in [0.2, 0.25) is 0 Å². The summed E-state index contributed by atoms with van der Waals surface area (Å²) in [6.07, 6.45) is 5.08. The molecule has 1 heterocycles. The number of benzene rings is 2. The maximum Gasteiger partial charge on any atom is 0.0426 e. The van der Waals surface area contributed by atoms with Crippen molar-refractivity contribution in [1.29, 1.82) is 0 Å². The number of nitrogens with zero attached hydrogens (tertiary/aromatic N) is 1. The first-order chi connectivity index (χ1) is 11.8. The number of hydrogen-bond donors (Lipinski definition) is 1. The van der Waals surface area contributed by atoms with Crippen LogP contribution in [-0.4, -0.2) is 31.1 Å². The van der Waals surface area contributed by atoms with Crippen molar-refractivity contribution in [2.45, 2.75) is 25.7 Å². The first-order valence-corrected chi connectivity index (χ1v) is 9.43. The van der Waals surface area contributed by atoms with Crippen molar-refractivity contribution in [3.05, 3.63) is 65.2 Å². The van der Waals surface area contributed by atoms with Crippen LogP contribution in [0.15, 0.2) is 54.6 Å². The molecule has 0 saturated carbocycles. The Morgan fingerprint density at radius 3 is 2.54 bits per heavy atom. The van der Waals surface area contributed by atoms with Crippen LogP contribution in [0.5, 0.6) is 0 Å². The van der Waals surface area contributed by atoms with Crippen molar-refractivity contribution >= 4 is 17.3 Å². The molecule has 0 unspecified atom stereocenters. The molecule has 1 saturated heterocycles. The van der Waals surface area contributed by atoms with Crippen LogP contribution in [0.1, 0.15) is 24.8 Å². The molecule has 3 rings (SSSR count). The first kappa shape index (κ1) is 17.3. The summed E-state index contributed by atoms with van der Waals surface area (Å²) in [6.45, 7) is 4.68. The Morgan fingerprint density at radius 2 is 1.79 bits per heavy atom. The summed E-state index contributed by atoms with van der Waals surface area (Å²) >= 11 is 6.00. The fraction of sp³-hybridized carbons (Fsp3) is 0.429. The van der Waals surface area contributed by atoms with Crippen molar-refractivity contribution in [3.63, 3.8) is 0 Å². The summed E-state index contributed by atoms with van der Waals surface area (Å²) in [5.41, 5.74) is 2.60. The van der Waals surface area contributed by atoms with Crippen molar-refractivity contribution < 1.29 is 0 Å². The van der Waals surface area contributed by atoms with E-state index in [0.717, 1.165) is 23.2 Å². The Hall–Kier alpha value is -1.51. The summed E-state index contributed by atoms with van der Waals surface area (Å²) in [7, 11) is 0. The predicted octanol–water partition coefficient (Wildman–Crippen LogP) is 5.10. The Labute approximate surface area is 150 Å². The Morgan fingerprint density at radius 1 is 1.00 bits per heavy atom. The summed E-state index contributed by atoms with van der Waals surface area (Å²) in [5.74, 6) is 0.855. The lowest BCUT2D eigenvalue weighted by Crippen LogP contribution is -2.35. The fourth-order valence-electron chi connectivity index (χ4n) is 3.50. The average Bonchev–Trinajstić information content (AvgIpc) is 2.61. The molecule has 1 N–H and O–H groups in total. The molecule has 1 aliphatic heterocycles. The van der Waals surface area contributed by atoms with Crippen LogP contribution in [-0.2, 0) is 6.42 Å². The number of rotatable bonds is 7. The largest absolute Gasteiger partial charge is 0.385 e. The van der Waals surface area contributed by atoms with Gasteiger partial charge in [-0.3, -0.25) is 0 Å². The van der Waals surface area contributed by atoms with Gasteiger partial charge in [0.25, 0.3) is 0 Å². The molecule has 1 fully saturated rings. The Bertz CT molecular complexity index is 606. The average molecular weight is 343 g/mol. The highest BCUT2D eigenvalue weighted by Gasteiger charge is 2.18. The molecule has 3 heteroatoms. The summed E-state index contributed by atoms with van der Waals surface area (Å²) < 4.78 is 0. The zero-order valence-electron chi connectivity index (χ0n) is 14.3. The van der Waals surface area contributed by atoms with Gasteiger partial charge in [-0.05, 0) is 75.0 Å². The fourth-order valence-corrected chi connectivity index (χ4v) is 3.69. The van der Waals surface area contributed by atoms with Gasteiger partial charge in [0, 0.05) is 17.3 Å². The molecule has 0 spiro atoms. The van der Waals surface area contributed by atoms with E-state index in [0.29, 0.717) is 0 Å². The molecule has 0 aromatic heterocycles. The van der Waals surface area contributed by atoms with Gasteiger partial charge in [-0.2, -0.15) is 0 Å². The number of piperidine rings is 1. The highest BCUT2D eigenvalue weighted by Crippen LogP contribution is 2.21. The van der Waals surface area contributed by atoms with Crippen LogP contribution in [0.2, 0.25) is 5.02 Å². The monoisotopic (exact) mass is 342 g/mol. The van der Waals surface area contributed by atoms with E-state index in [1.807, 2.05) is 18.2 Å². The molecule has 24 heavy (non-hydrogen) atoms. The second-order valence-electron chi connectivity index (χ2n) is 6.77. The molecule has 2 aromatic rings. The maximum atomic E-state index is 6.00. The molecular formula is C21H27ClN2. The highest BCUT2D eigenvalue weighted by molar-refractivity contribution is 6.30. The molecule has 0 aliphatic carbocycles. The minimum Gasteiger partial charge on any atom is -0.385 e. The number of halogens is 1. The van der Waals surface area contributed by atoms with E-state index in [-0.39, 0.29) is 0 Å². The quantitative estimate of drug-likeness (QED) is 0.704. The third-order valence-corrected chi connectivity index (χ3v) is 5.11. The van der Waals surface area contributed by atoms with Gasteiger partial charge < -0.3 is 10.2 Å². The lowest BCUT2D eigenvalue weighted by molar-refractivity contribution is 0.183. The minimum atomic E-state index is 0.792. The van der Waals surface area contributed by atoms with Crippen molar-refractivity contribution in [2.75, 3.05) is 31.5 Å². The van der Waals surface area contributed by atoms with Crippen LogP contribution in [0.3, 0.4) is 0 Å². The third kappa shape index (κ3) is 5.54. The van der Waals surface area contributed by atoms with E-state index in [4.69, 9.17) is 11.6 Å². The van der Waals surface area contributed by atoms with Gasteiger partial charge in [-0.25, -0.2) is 0 Å². The SMILES string of the molecule is Clc1cccc(NCCCN2CCC(Cc3ccccc3)CC2)c1. The van der Waals surface area contributed by atoms with E-state index in [1.165, 1.54) is 50.9 Å². The predicted molar refractivity (Wildman–Crippen MR) is 104 cm³/mol. The van der Waals surface area contributed by atoms with Gasteiger partial charge in [-0.1, -0.05) is 48.0 Å². The summed E-state index contributed by atoms with van der Waals surface area (Å²) in [6, 6.07) is 18.9. The lowest BCUT2D eigenvalue weighted by atomic mass is 9.90. The van der Waals surface area contributed by atoms with Crippen LogP contribution in [0.4, 0.5) is 5.69 Å². The van der Waals surface area contributed by atoms with E-state index in [2.05, 4.69) is 46.6 Å². The van der Waals surface area contributed by atoms with E-state index < -0.39 is 0 Å². The minimum absolute atomic E-state index is 0.792. The molecule has 2 nitrogen and oxygen atoms in total. The molecule has 0 amide bonds. The molecule has 128 valence electrons. The molecule has 1 aliphatic rings. The molecule has 2 aromatic carbocycles. The van der Waals surface area contributed by atoms with E-state index >= 15 is 0 Å². The standard InChI is InChI=1S/C21H27ClN2/c22-20-8-4-9-21(17-20)23-12-5-13-24-14-10-19(11-15-24)16-18-6-2-1-3-7-18/h1-4,6-9,17,19,23H,5,10-16H2. The van der Waals surface area contributed by atoms with Gasteiger partial charge in [0.1, 0.15) is 0 Å². The zero-order chi connectivity index (χ0) is 16.6. The van der Waals surface area contributed by atoms with Crippen LogP contribution < -0.4 is 5.32 Å². The molecule has 0 atom stereocenters. The number of hydrogen-bond acceptors (Lipinski definition) is 2. The first-order valence-electron chi connectivity index (χ1n) is 9.05. The lowest BCUT2D eigenvalue weighted by Gasteiger charge is -2.32. The topological polar surface area (TPSA) is 15.3 Å². The second-order valence-corrected chi connectivity index (χ2v) is 7.20. The summed E-state index contributed by atoms with van der Waals surface area (Å²) in [4.78, 5) is 2.61. The van der Waals surface area contributed by atoms with Gasteiger partial charge in [0.05, 0.1) is 0 Å². The molecule has 0 bridgehead atoms. The van der Waals surface area contributed by atoms with Crippen LogP contribution in [0.25, 0.3) is 0 Å². The highest BCUT2D eigenvalue weighted by atomic mass is 35.5. The zero-order valence-corrected chi connectivity index (χ0v) is 15.0. The third-order valence-electron chi connectivity index (χ3n) is 4.88. The van der Waals surface area contributed by atoms with Crippen LogP contribution >= 0.6 is 11.6 Å². The number of nitrogens with one attached hydrogen (secondary N) is 1. The van der Waals surface area contributed by atoms with Gasteiger partial charge >= 0.3 is 0 Å². The van der Waals surface area contributed by atoms with Crippen molar-refractivity contribution in [1.82, 2.24) is 4.90 Å². The van der Waals surface area contributed by atoms with Gasteiger partial charge in [-0.15, -0.1) is 0 Å². The van der Waals surface area contributed by atoms with Crippen LogP contribution in [0, 0.1) is 5.92 Å². The van der Waals surface area contributed by atoms with Crippen molar-refractivity contribution in [3.8, 4) is 0 Å². The molecule has 0 radical (unpaired) electrons.